The summed E-state index contributed by atoms with van der Waals surface area (Å²) in [4.78, 5) is 11.5. The number of alkyl halides is 2. The molecule has 0 spiro atoms. The first kappa shape index (κ1) is 17.3. The Morgan fingerprint density at radius 1 is 1.17 bits per heavy atom. The zero-order valence-electron chi connectivity index (χ0n) is 12.3. The van der Waals surface area contributed by atoms with Crippen LogP contribution in [0.4, 0.5) is 13.2 Å². The Hall–Kier alpha value is -3.03. The van der Waals surface area contributed by atoms with E-state index >= 15 is 0 Å². The average Bonchev–Trinajstić information content (AvgIpc) is 2.55. The number of para-hydroxylation sites is 1. The van der Waals surface area contributed by atoms with Gasteiger partial charge in [0, 0.05) is 0 Å². The molecule has 0 bridgehead atoms. The maximum atomic E-state index is 13.3. The van der Waals surface area contributed by atoms with Crippen LogP contribution in [0.5, 0.6) is 11.5 Å². The van der Waals surface area contributed by atoms with E-state index in [4.69, 9.17) is 4.74 Å². The van der Waals surface area contributed by atoms with Crippen LogP contribution in [0, 0.1) is 5.82 Å². The summed E-state index contributed by atoms with van der Waals surface area (Å²) in [7, 11) is 0. The number of rotatable bonds is 7. The molecule has 0 aliphatic rings. The number of nitrogens with one attached hydrogen (secondary N) is 1. The van der Waals surface area contributed by atoms with Crippen molar-refractivity contribution in [2.75, 3.05) is 6.61 Å². The minimum Gasteiger partial charge on any atom is -0.481 e. The highest BCUT2D eigenvalue weighted by Gasteiger charge is 2.05. The van der Waals surface area contributed by atoms with Crippen LogP contribution in [0.25, 0.3) is 0 Å². The predicted octanol–water partition coefficient (Wildman–Crippen LogP) is 2.96. The van der Waals surface area contributed by atoms with Crippen LogP contribution in [0.15, 0.2) is 53.6 Å². The zero-order chi connectivity index (χ0) is 17.4. The van der Waals surface area contributed by atoms with Gasteiger partial charge in [-0.15, -0.1) is 0 Å². The molecule has 2 aromatic rings. The van der Waals surface area contributed by atoms with Crippen LogP contribution in [0.2, 0.25) is 0 Å². The van der Waals surface area contributed by atoms with Gasteiger partial charge in [-0.05, 0) is 42.0 Å². The van der Waals surface area contributed by atoms with Crippen molar-refractivity contribution in [3.05, 3.63) is 59.9 Å². The molecule has 5 nitrogen and oxygen atoms in total. The van der Waals surface area contributed by atoms with Crippen molar-refractivity contribution in [1.82, 2.24) is 5.43 Å². The number of benzene rings is 2. The molecule has 126 valence electrons. The Morgan fingerprint density at radius 2 is 1.88 bits per heavy atom. The first-order valence-electron chi connectivity index (χ1n) is 6.78. The Bertz CT molecular complexity index is 706. The second-order valence-electron chi connectivity index (χ2n) is 4.46. The van der Waals surface area contributed by atoms with Crippen molar-refractivity contribution in [2.24, 2.45) is 5.10 Å². The molecule has 0 saturated heterocycles. The Morgan fingerprint density at radius 3 is 2.54 bits per heavy atom. The number of halogens is 3. The van der Waals surface area contributed by atoms with Gasteiger partial charge in [-0.1, -0.05) is 12.1 Å². The number of carbonyl (C=O) groups is 1. The number of nitrogens with zero attached hydrogens (tertiary/aromatic N) is 1. The van der Waals surface area contributed by atoms with Crippen molar-refractivity contribution < 1.29 is 27.4 Å². The van der Waals surface area contributed by atoms with E-state index in [0.717, 1.165) is 0 Å². The first-order valence-corrected chi connectivity index (χ1v) is 6.78. The molecule has 2 rings (SSSR count). The van der Waals surface area contributed by atoms with Crippen molar-refractivity contribution in [1.29, 1.82) is 0 Å². The Labute approximate surface area is 135 Å². The van der Waals surface area contributed by atoms with E-state index in [9.17, 15) is 18.0 Å². The third-order valence-electron chi connectivity index (χ3n) is 2.70. The molecule has 24 heavy (non-hydrogen) atoms. The van der Waals surface area contributed by atoms with E-state index in [1.807, 2.05) is 0 Å². The number of carbonyl (C=O) groups excluding carboxylic acids is 1. The maximum absolute atomic E-state index is 13.3. The highest BCUT2D eigenvalue weighted by molar-refractivity contribution is 5.83. The minimum atomic E-state index is -2.89. The second-order valence-corrected chi connectivity index (χ2v) is 4.46. The van der Waals surface area contributed by atoms with E-state index in [1.54, 1.807) is 6.07 Å². The average molecular weight is 338 g/mol. The molecule has 0 fully saturated rings. The standard InChI is InChI=1S/C16H13F3N2O3/c17-13-3-1-2-4-14(13)23-10-15(22)21-20-9-11-5-7-12(8-6-11)24-16(18)19/h1-9,16H,10H2,(H,21,22)/b20-9-. The van der Waals surface area contributed by atoms with E-state index in [1.165, 1.54) is 48.7 Å². The van der Waals surface area contributed by atoms with Crippen LogP contribution in [-0.2, 0) is 4.79 Å². The molecule has 0 saturated carbocycles. The van der Waals surface area contributed by atoms with Crippen molar-refractivity contribution >= 4 is 12.1 Å². The summed E-state index contributed by atoms with van der Waals surface area (Å²) in [5, 5.41) is 3.68. The molecule has 0 aromatic heterocycles. The molecule has 0 unspecified atom stereocenters. The zero-order valence-corrected chi connectivity index (χ0v) is 12.3. The Kier molecular flexibility index (Phi) is 6.18. The molecular weight excluding hydrogens is 325 g/mol. The molecule has 0 radical (unpaired) electrons. The highest BCUT2D eigenvalue weighted by atomic mass is 19.3. The van der Waals surface area contributed by atoms with Gasteiger partial charge in [0.2, 0.25) is 0 Å². The van der Waals surface area contributed by atoms with Gasteiger partial charge in [-0.25, -0.2) is 9.82 Å². The normalized spacial score (nSPS) is 10.8. The van der Waals surface area contributed by atoms with Crippen LogP contribution in [0.1, 0.15) is 5.56 Å². The van der Waals surface area contributed by atoms with Gasteiger partial charge < -0.3 is 9.47 Å². The molecule has 0 heterocycles. The van der Waals surface area contributed by atoms with Gasteiger partial charge in [0.05, 0.1) is 6.21 Å². The largest absolute Gasteiger partial charge is 0.481 e. The summed E-state index contributed by atoms with van der Waals surface area (Å²) in [6, 6.07) is 11.4. The van der Waals surface area contributed by atoms with Crippen LogP contribution in [0.3, 0.4) is 0 Å². The number of hydrazone groups is 1. The monoisotopic (exact) mass is 338 g/mol. The van der Waals surface area contributed by atoms with E-state index in [-0.39, 0.29) is 11.5 Å². The van der Waals surface area contributed by atoms with Gasteiger partial charge >= 0.3 is 6.61 Å². The van der Waals surface area contributed by atoms with Crippen LogP contribution < -0.4 is 14.9 Å². The lowest BCUT2D eigenvalue weighted by molar-refractivity contribution is -0.123. The van der Waals surface area contributed by atoms with E-state index in [0.29, 0.717) is 5.56 Å². The predicted molar refractivity (Wildman–Crippen MR) is 80.7 cm³/mol. The van der Waals surface area contributed by atoms with Crippen molar-refractivity contribution in [3.63, 3.8) is 0 Å². The van der Waals surface area contributed by atoms with Crippen molar-refractivity contribution in [2.45, 2.75) is 6.61 Å². The van der Waals surface area contributed by atoms with Gasteiger partial charge in [0.25, 0.3) is 5.91 Å². The molecule has 2 aromatic carbocycles. The number of hydrogen-bond acceptors (Lipinski definition) is 4. The van der Waals surface area contributed by atoms with Crippen molar-refractivity contribution in [3.8, 4) is 11.5 Å². The molecule has 0 aliphatic carbocycles. The first-order chi connectivity index (χ1) is 11.5. The summed E-state index contributed by atoms with van der Waals surface area (Å²) >= 11 is 0. The Balaban J connectivity index is 1.78. The SMILES string of the molecule is O=C(COc1ccccc1F)N/N=C\c1ccc(OC(F)F)cc1. The summed E-state index contributed by atoms with van der Waals surface area (Å²) < 4.78 is 46.5. The van der Waals surface area contributed by atoms with Crippen LogP contribution >= 0.6 is 0 Å². The third-order valence-corrected chi connectivity index (χ3v) is 2.70. The summed E-state index contributed by atoms with van der Waals surface area (Å²) in [6.45, 7) is -3.29. The lowest BCUT2D eigenvalue weighted by Crippen LogP contribution is -2.24. The fraction of sp³-hybridized carbons (Fsp3) is 0.125. The molecule has 1 amide bonds. The summed E-state index contributed by atoms with van der Waals surface area (Å²) in [6.07, 6.45) is 1.31. The molecular formula is C16H13F3N2O3. The number of hydrogen-bond donors (Lipinski definition) is 1. The van der Waals surface area contributed by atoms with Gasteiger partial charge in [-0.3, -0.25) is 4.79 Å². The number of ether oxygens (including phenoxy) is 2. The smallest absolute Gasteiger partial charge is 0.387 e. The molecule has 8 heteroatoms. The quantitative estimate of drug-likeness (QED) is 0.624. The van der Waals surface area contributed by atoms with E-state index < -0.39 is 24.9 Å². The topological polar surface area (TPSA) is 59.9 Å². The van der Waals surface area contributed by atoms with E-state index in [2.05, 4.69) is 15.3 Å². The van der Waals surface area contributed by atoms with Gasteiger partial charge in [0.1, 0.15) is 5.75 Å². The highest BCUT2D eigenvalue weighted by Crippen LogP contribution is 2.15. The molecule has 0 aliphatic heterocycles. The van der Waals surface area contributed by atoms with Gasteiger partial charge in [-0.2, -0.15) is 13.9 Å². The maximum Gasteiger partial charge on any atom is 0.387 e. The van der Waals surface area contributed by atoms with Crippen LogP contribution in [-0.4, -0.2) is 25.3 Å². The third kappa shape index (κ3) is 5.64. The summed E-state index contributed by atoms with van der Waals surface area (Å²) in [5.74, 6) is -1.16. The number of amides is 1. The fourth-order valence-electron chi connectivity index (χ4n) is 1.65. The lowest BCUT2D eigenvalue weighted by atomic mass is 10.2. The van der Waals surface area contributed by atoms with Gasteiger partial charge in [0.15, 0.2) is 18.2 Å². The molecule has 0 atom stereocenters. The second kappa shape index (κ2) is 8.56. The fourth-order valence-corrected chi connectivity index (χ4v) is 1.65. The lowest BCUT2D eigenvalue weighted by Gasteiger charge is -2.05. The minimum absolute atomic E-state index is 0.0180. The molecule has 1 N–H and O–H groups in total. The summed E-state index contributed by atoms with van der Waals surface area (Å²) in [5.41, 5.74) is 2.76.